The predicted octanol–water partition coefficient (Wildman–Crippen LogP) is -0.356. The lowest BCUT2D eigenvalue weighted by molar-refractivity contribution is -0.124. The van der Waals surface area contributed by atoms with E-state index in [0.29, 0.717) is 25.1 Å². The summed E-state index contributed by atoms with van der Waals surface area (Å²) in [5.41, 5.74) is 3.66. The Kier molecular flexibility index (Phi) is 3.40. The van der Waals surface area contributed by atoms with Crippen molar-refractivity contribution in [1.29, 1.82) is 0 Å². The Hall–Kier alpha value is -2.18. The van der Waals surface area contributed by atoms with Crippen molar-refractivity contribution in [3.8, 4) is 0 Å². The first-order valence-corrected chi connectivity index (χ1v) is 5.64. The number of rotatable bonds is 3. The lowest BCUT2D eigenvalue weighted by Gasteiger charge is -2.19. The van der Waals surface area contributed by atoms with Crippen molar-refractivity contribution in [2.24, 2.45) is 12.1 Å². The van der Waals surface area contributed by atoms with Gasteiger partial charge in [0.25, 0.3) is 5.91 Å². The van der Waals surface area contributed by atoms with Crippen molar-refractivity contribution in [2.75, 3.05) is 7.05 Å². The van der Waals surface area contributed by atoms with Crippen LogP contribution in [0.3, 0.4) is 0 Å². The molecule has 1 aromatic rings. The minimum atomic E-state index is -0.168. The molecule has 2 heterocycles. The van der Waals surface area contributed by atoms with E-state index in [1.54, 1.807) is 22.8 Å². The van der Waals surface area contributed by atoms with Crippen molar-refractivity contribution in [3.63, 3.8) is 0 Å². The number of amides is 2. The highest BCUT2D eigenvalue weighted by molar-refractivity contribution is 6.39. The van der Waals surface area contributed by atoms with Crippen molar-refractivity contribution in [3.05, 3.63) is 18.0 Å². The summed E-state index contributed by atoms with van der Waals surface area (Å²) in [5, 5.41) is 7.83. The van der Waals surface area contributed by atoms with Gasteiger partial charge in [-0.15, -0.1) is 0 Å². The largest absolute Gasteiger partial charge is 0.336 e. The molecule has 0 aromatic carbocycles. The van der Waals surface area contributed by atoms with Crippen LogP contribution in [-0.4, -0.2) is 39.3 Å². The predicted molar refractivity (Wildman–Crippen MR) is 64.5 cm³/mol. The Morgan fingerprint density at radius 3 is 2.89 bits per heavy atom. The van der Waals surface area contributed by atoms with E-state index < -0.39 is 0 Å². The molecule has 2 rings (SSSR count). The van der Waals surface area contributed by atoms with E-state index in [-0.39, 0.29) is 11.8 Å². The number of aromatic nitrogens is 2. The topological polar surface area (TPSA) is 79.6 Å². The molecular weight excluding hydrogens is 234 g/mol. The van der Waals surface area contributed by atoms with E-state index in [2.05, 4.69) is 15.6 Å². The molecule has 2 amide bonds. The molecule has 0 bridgehead atoms. The summed E-state index contributed by atoms with van der Waals surface area (Å²) in [7, 11) is 3.53. The number of aryl methyl sites for hydroxylation is 1. The fraction of sp³-hybridized carbons (Fsp3) is 0.455. The van der Waals surface area contributed by atoms with Gasteiger partial charge in [-0.25, -0.2) is 5.43 Å². The SMILES string of the molecule is CN(Cc1cnn(C)c1)C(=O)C1=NNC(=O)CC1. The number of hydrogen-bond donors (Lipinski definition) is 1. The van der Waals surface area contributed by atoms with E-state index in [0.717, 1.165) is 5.56 Å². The summed E-state index contributed by atoms with van der Waals surface area (Å²) in [6.07, 6.45) is 4.27. The van der Waals surface area contributed by atoms with Gasteiger partial charge in [0.15, 0.2) is 0 Å². The van der Waals surface area contributed by atoms with Gasteiger partial charge in [-0.3, -0.25) is 14.3 Å². The third kappa shape index (κ3) is 2.73. The standard InChI is InChI=1S/C11H15N5O2/c1-15(6-8-5-12-16(2)7-8)11(18)9-3-4-10(17)14-13-9/h5,7H,3-4,6H2,1-2H3,(H,14,17). The van der Waals surface area contributed by atoms with E-state index in [1.807, 2.05) is 13.2 Å². The van der Waals surface area contributed by atoms with Crippen LogP contribution < -0.4 is 5.43 Å². The summed E-state index contributed by atoms with van der Waals surface area (Å²) < 4.78 is 1.69. The first-order chi connectivity index (χ1) is 8.56. The molecule has 18 heavy (non-hydrogen) atoms. The minimum Gasteiger partial charge on any atom is -0.336 e. The maximum absolute atomic E-state index is 12.0. The molecule has 0 spiro atoms. The Morgan fingerprint density at radius 2 is 2.33 bits per heavy atom. The maximum atomic E-state index is 12.0. The Morgan fingerprint density at radius 1 is 1.56 bits per heavy atom. The molecule has 1 N–H and O–H groups in total. The smallest absolute Gasteiger partial charge is 0.270 e. The van der Waals surface area contributed by atoms with Gasteiger partial charge in [-0.1, -0.05) is 0 Å². The van der Waals surface area contributed by atoms with Crippen molar-refractivity contribution >= 4 is 17.5 Å². The lowest BCUT2D eigenvalue weighted by atomic mass is 10.1. The maximum Gasteiger partial charge on any atom is 0.270 e. The van der Waals surface area contributed by atoms with Crippen LogP contribution in [0.5, 0.6) is 0 Å². The van der Waals surface area contributed by atoms with Crippen LogP contribution in [0.1, 0.15) is 18.4 Å². The average molecular weight is 249 g/mol. The van der Waals surface area contributed by atoms with Gasteiger partial charge < -0.3 is 4.90 Å². The van der Waals surface area contributed by atoms with Crippen LogP contribution in [0.15, 0.2) is 17.5 Å². The number of nitrogens with one attached hydrogen (secondary N) is 1. The number of carbonyl (C=O) groups excluding carboxylic acids is 2. The van der Waals surface area contributed by atoms with Crippen LogP contribution >= 0.6 is 0 Å². The summed E-state index contributed by atoms with van der Waals surface area (Å²) in [5.74, 6) is -0.319. The molecule has 1 aliphatic heterocycles. The molecule has 0 atom stereocenters. The second-order valence-electron chi connectivity index (χ2n) is 4.28. The Balaban J connectivity index is 1.98. The zero-order valence-electron chi connectivity index (χ0n) is 10.4. The van der Waals surface area contributed by atoms with Gasteiger partial charge in [0, 0.05) is 45.2 Å². The first kappa shape index (κ1) is 12.3. The van der Waals surface area contributed by atoms with Gasteiger partial charge in [-0.05, 0) is 0 Å². The van der Waals surface area contributed by atoms with Crippen molar-refractivity contribution < 1.29 is 9.59 Å². The molecule has 0 fully saturated rings. The molecule has 0 saturated heterocycles. The molecule has 1 aliphatic rings. The molecular formula is C11H15N5O2. The van der Waals surface area contributed by atoms with E-state index in [4.69, 9.17) is 0 Å². The molecule has 0 aliphatic carbocycles. The summed E-state index contributed by atoms with van der Waals surface area (Å²) in [6, 6.07) is 0. The minimum absolute atomic E-state index is 0.151. The van der Waals surface area contributed by atoms with Crippen molar-refractivity contribution in [2.45, 2.75) is 19.4 Å². The van der Waals surface area contributed by atoms with Gasteiger partial charge >= 0.3 is 0 Å². The highest BCUT2D eigenvalue weighted by atomic mass is 16.2. The van der Waals surface area contributed by atoms with Crippen LogP contribution in [0, 0.1) is 0 Å². The molecule has 0 radical (unpaired) electrons. The summed E-state index contributed by atoms with van der Waals surface area (Å²) >= 11 is 0. The Bertz CT molecular complexity index is 505. The third-order valence-corrected chi connectivity index (χ3v) is 2.68. The highest BCUT2D eigenvalue weighted by Crippen LogP contribution is 2.06. The first-order valence-electron chi connectivity index (χ1n) is 5.64. The molecule has 0 saturated carbocycles. The Labute approximate surface area is 104 Å². The van der Waals surface area contributed by atoms with E-state index in [1.165, 1.54) is 0 Å². The zero-order valence-corrected chi connectivity index (χ0v) is 10.4. The molecule has 96 valence electrons. The van der Waals surface area contributed by atoms with Crippen molar-refractivity contribution in [1.82, 2.24) is 20.1 Å². The second kappa shape index (κ2) is 4.99. The third-order valence-electron chi connectivity index (χ3n) is 2.68. The highest BCUT2D eigenvalue weighted by Gasteiger charge is 2.21. The molecule has 1 aromatic heterocycles. The number of nitrogens with zero attached hydrogens (tertiary/aromatic N) is 4. The number of hydrazone groups is 1. The quantitative estimate of drug-likeness (QED) is 0.794. The molecule has 0 unspecified atom stereocenters. The normalized spacial score (nSPS) is 15.0. The fourth-order valence-corrected chi connectivity index (χ4v) is 1.75. The second-order valence-corrected chi connectivity index (χ2v) is 4.28. The zero-order chi connectivity index (χ0) is 13.1. The van der Waals surface area contributed by atoms with E-state index in [9.17, 15) is 9.59 Å². The van der Waals surface area contributed by atoms with Gasteiger partial charge in [-0.2, -0.15) is 10.2 Å². The summed E-state index contributed by atoms with van der Waals surface area (Å²) in [4.78, 5) is 24.5. The molecule has 7 heteroatoms. The van der Waals surface area contributed by atoms with Gasteiger partial charge in [0.05, 0.1) is 6.20 Å². The van der Waals surface area contributed by atoms with Gasteiger partial charge in [0.1, 0.15) is 5.71 Å². The monoisotopic (exact) mass is 249 g/mol. The summed E-state index contributed by atoms with van der Waals surface area (Å²) in [6.45, 7) is 0.472. The average Bonchev–Trinajstić information content (AvgIpc) is 2.75. The number of carbonyl (C=O) groups is 2. The lowest BCUT2D eigenvalue weighted by Crippen LogP contribution is -2.37. The molecule has 7 nitrogen and oxygen atoms in total. The number of hydrogen-bond acceptors (Lipinski definition) is 4. The van der Waals surface area contributed by atoms with Crippen LogP contribution in [0.25, 0.3) is 0 Å². The van der Waals surface area contributed by atoms with Gasteiger partial charge in [0.2, 0.25) is 5.91 Å². The van der Waals surface area contributed by atoms with E-state index >= 15 is 0 Å². The van der Waals surface area contributed by atoms with Crippen LogP contribution in [-0.2, 0) is 23.2 Å². The fourth-order valence-electron chi connectivity index (χ4n) is 1.75. The van der Waals surface area contributed by atoms with Crippen LogP contribution in [0.4, 0.5) is 0 Å². The van der Waals surface area contributed by atoms with Crippen LogP contribution in [0.2, 0.25) is 0 Å².